The maximum atomic E-state index is 12.7. The third-order valence-corrected chi connectivity index (χ3v) is 10.1. The molecule has 0 atom stereocenters. The first kappa shape index (κ1) is 41.5. The Morgan fingerprint density at radius 3 is 2.05 bits per heavy atom. The van der Waals surface area contributed by atoms with E-state index in [0.717, 1.165) is 22.8 Å². The number of hydrogen-bond donors (Lipinski definition) is 7. The molecule has 0 fully saturated rings. The first-order valence-corrected chi connectivity index (χ1v) is 18.8. The Labute approximate surface area is 334 Å². The average molecular weight is 845 g/mol. The van der Waals surface area contributed by atoms with Gasteiger partial charge in [0, 0.05) is 28.9 Å². The van der Waals surface area contributed by atoms with Crippen LogP contribution in [0.1, 0.15) is 33.2 Å². The summed E-state index contributed by atoms with van der Waals surface area (Å²) in [6, 6.07) is 16.6. The van der Waals surface area contributed by atoms with Gasteiger partial charge in [0.05, 0.1) is 49.8 Å². The van der Waals surface area contributed by atoms with Crippen molar-refractivity contribution in [2.45, 2.75) is 30.2 Å². The van der Waals surface area contributed by atoms with Gasteiger partial charge in [-0.15, -0.1) is 29.9 Å². The molecule has 0 aliphatic rings. The Hall–Kier alpha value is -7.15. The van der Waals surface area contributed by atoms with E-state index < -0.39 is 61.1 Å². The van der Waals surface area contributed by atoms with E-state index in [1.165, 1.54) is 19.1 Å². The smallest absolute Gasteiger partial charge is 0.338 e. The van der Waals surface area contributed by atoms with Gasteiger partial charge in [0.25, 0.3) is 21.6 Å². The van der Waals surface area contributed by atoms with Crippen molar-refractivity contribution in [2.24, 2.45) is 36.4 Å². The van der Waals surface area contributed by atoms with Gasteiger partial charge in [-0.2, -0.15) is 13.5 Å². The highest BCUT2D eigenvalue weighted by Gasteiger charge is 2.23. The zero-order valence-electron chi connectivity index (χ0n) is 30.2. The molecule has 6 rings (SSSR count). The van der Waals surface area contributed by atoms with E-state index in [1.807, 2.05) is 0 Å². The molecule has 21 nitrogen and oxygen atoms in total. The second-order valence-corrected chi connectivity index (χ2v) is 14.3. The average Bonchev–Trinajstić information content (AvgIpc) is 3.18. The molecular weight excluding hydrogens is 817 g/mol. The van der Waals surface area contributed by atoms with Crippen LogP contribution < -0.4 is 11.3 Å². The van der Waals surface area contributed by atoms with Crippen LogP contribution in [-0.4, -0.2) is 55.1 Å². The predicted molar refractivity (Wildman–Crippen MR) is 209 cm³/mol. The lowest BCUT2D eigenvalue weighted by Gasteiger charge is -2.12. The standard InChI is InChI=1S/C36H28N8O13S2/c1-3-44-34(48)28(33(37)47)16(2)30(35(44)49)42-40-24-11-10-23(20-6-4-5-7-21(20)24)39-38-18-8-9-25(22(14-18)36(50)51)41-43-31-27(58-57-56-52)13-17-12-19(59(53,54)55)15-26(45)29(17)32(31)46/h4-15,45-46,49,52H,3H2,1-2H3,(H2,37,47)(H,50,51)(H,53,54,55)/b39-38+,42-40+,43-41+. The fourth-order valence-electron chi connectivity index (χ4n) is 5.91. The van der Waals surface area contributed by atoms with Gasteiger partial charge in [0.15, 0.2) is 5.75 Å². The molecule has 302 valence electrons. The van der Waals surface area contributed by atoms with Crippen molar-refractivity contribution in [3.05, 3.63) is 99.8 Å². The third kappa shape index (κ3) is 8.31. The highest BCUT2D eigenvalue weighted by atomic mass is 32.2. The van der Waals surface area contributed by atoms with Crippen molar-refractivity contribution < 1.29 is 57.6 Å². The van der Waals surface area contributed by atoms with Gasteiger partial charge in [-0.05, 0) is 61.7 Å². The van der Waals surface area contributed by atoms with Crippen LogP contribution in [0.25, 0.3) is 21.5 Å². The number of carbonyl (C=O) groups is 2. The number of benzene rings is 5. The van der Waals surface area contributed by atoms with Crippen molar-refractivity contribution in [1.82, 2.24) is 4.57 Å². The molecule has 0 bridgehead atoms. The fraction of sp³-hybridized carbons (Fsp3) is 0.0833. The lowest BCUT2D eigenvalue weighted by Crippen LogP contribution is -2.30. The van der Waals surface area contributed by atoms with E-state index in [0.29, 0.717) is 28.2 Å². The van der Waals surface area contributed by atoms with Gasteiger partial charge < -0.3 is 26.2 Å². The van der Waals surface area contributed by atoms with Crippen molar-refractivity contribution in [3.63, 3.8) is 0 Å². The number of hydrogen-bond acceptors (Lipinski definition) is 18. The molecule has 0 saturated carbocycles. The molecular formula is C36H28N8O13S2. The number of primary amides is 1. The number of rotatable bonds is 13. The molecule has 1 aromatic heterocycles. The first-order valence-electron chi connectivity index (χ1n) is 16.6. The maximum Gasteiger partial charge on any atom is 0.338 e. The number of aromatic nitrogens is 1. The molecule has 6 aromatic rings. The number of amides is 1. The van der Waals surface area contributed by atoms with Crippen LogP contribution >= 0.6 is 12.0 Å². The fourth-order valence-corrected chi connectivity index (χ4v) is 6.95. The van der Waals surface area contributed by atoms with Crippen molar-refractivity contribution >= 4 is 89.7 Å². The number of azo groups is 3. The van der Waals surface area contributed by atoms with Crippen LogP contribution in [-0.2, 0) is 26.0 Å². The summed E-state index contributed by atoms with van der Waals surface area (Å²) < 4.78 is 38.2. The summed E-state index contributed by atoms with van der Waals surface area (Å²) in [6.45, 7) is 3.04. The van der Waals surface area contributed by atoms with Crippen molar-refractivity contribution in [3.8, 4) is 17.4 Å². The summed E-state index contributed by atoms with van der Waals surface area (Å²) in [6.07, 6.45) is 0. The number of phenolic OH excluding ortho intramolecular Hbond substituents is 2. The number of nitrogens with two attached hydrogens (primary N) is 1. The largest absolute Gasteiger partial charge is 0.507 e. The zero-order chi connectivity index (χ0) is 42.8. The lowest BCUT2D eigenvalue weighted by molar-refractivity contribution is -0.432. The number of aromatic hydroxyl groups is 3. The normalized spacial score (nSPS) is 12.1. The second kappa shape index (κ2) is 16.8. The van der Waals surface area contributed by atoms with Crippen LogP contribution in [0, 0.1) is 6.92 Å². The van der Waals surface area contributed by atoms with Crippen LogP contribution in [0.3, 0.4) is 0 Å². The number of nitrogens with zero attached hydrogens (tertiary/aromatic N) is 7. The number of carboxylic acids is 1. The third-order valence-electron chi connectivity index (χ3n) is 8.65. The number of fused-ring (bicyclic) bond motifs is 2. The molecule has 59 heavy (non-hydrogen) atoms. The second-order valence-electron chi connectivity index (χ2n) is 12.2. The minimum atomic E-state index is -4.77. The van der Waals surface area contributed by atoms with Crippen LogP contribution in [0.4, 0.5) is 34.1 Å². The van der Waals surface area contributed by atoms with Gasteiger partial charge in [-0.1, -0.05) is 29.3 Å². The van der Waals surface area contributed by atoms with E-state index in [2.05, 4.69) is 40.1 Å². The molecule has 0 spiro atoms. The monoisotopic (exact) mass is 844 g/mol. The molecule has 1 amide bonds. The van der Waals surface area contributed by atoms with Gasteiger partial charge in [0.1, 0.15) is 28.4 Å². The molecule has 0 unspecified atom stereocenters. The lowest BCUT2D eigenvalue weighted by atomic mass is 10.1. The highest BCUT2D eigenvalue weighted by molar-refractivity contribution is 7.94. The Balaban J connectivity index is 1.34. The molecule has 8 N–H and O–H groups in total. The molecule has 0 aliphatic heterocycles. The zero-order valence-corrected chi connectivity index (χ0v) is 31.8. The first-order chi connectivity index (χ1) is 28.0. The molecule has 0 radical (unpaired) electrons. The van der Waals surface area contributed by atoms with Crippen LogP contribution in [0.2, 0.25) is 0 Å². The van der Waals surface area contributed by atoms with Gasteiger partial charge in [-0.3, -0.25) is 18.7 Å². The van der Waals surface area contributed by atoms with Gasteiger partial charge in [0.2, 0.25) is 5.88 Å². The number of aromatic carboxylic acids is 1. The number of pyridine rings is 1. The van der Waals surface area contributed by atoms with Crippen molar-refractivity contribution in [1.29, 1.82) is 0 Å². The number of carbonyl (C=O) groups excluding carboxylic acids is 1. The van der Waals surface area contributed by atoms with E-state index in [4.69, 9.17) is 11.0 Å². The quantitative estimate of drug-likeness (QED) is 0.0189. The minimum Gasteiger partial charge on any atom is -0.507 e. The molecule has 0 saturated heterocycles. The maximum absolute atomic E-state index is 12.7. The number of carboxylic acid groups (broad SMARTS) is 1. The van der Waals surface area contributed by atoms with E-state index >= 15 is 0 Å². The Morgan fingerprint density at radius 1 is 0.847 bits per heavy atom. The highest BCUT2D eigenvalue weighted by Crippen LogP contribution is 2.48. The summed E-state index contributed by atoms with van der Waals surface area (Å²) in [4.78, 5) is 36.2. The molecule has 0 aliphatic carbocycles. The molecule has 1 heterocycles. The predicted octanol–water partition coefficient (Wildman–Crippen LogP) is 8.32. The summed E-state index contributed by atoms with van der Waals surface area (Å²) >= 11 is 0.284. The SMILES string of the molecule is CCn1c(O)c(/N=N/c2ccc(/N=N/c3ccc(/N=N/c4c(SOOO)cc5cc(S(=O)(=O)O)cc(O)c5c4O)c(C(=O)O)c3)c3ccccc23)c(C)c(C(N)=O)c1=O. The Kier molecular flexibility index (Phi) is 11.8. The minimum absolute atomic E-state index is 0.0315. The number of phenols is 2. The Morgan fingerprint density at radius 2 is 1.46 bits per heavy atom. The topological polar surface area (TPSA) is 330 Å². The molecule has 5 aromatic carbocycles. The van der Waals surface area contributed by atoms with E-state index in [-0.39, 0.29) is 62.4 Å². The van der Waals surface area contributed by atoms with Gasteiger partial charge >= 0.3 is 5.97 Å². The van der Waals surface area contributed by atoms with E-state index in [9.17, 15) is 47.8 Å². The van der Waals surface area contributed by atoms with Crippen molar-refractivity contribution in [2.75, 3.05) is 0 Å². The summed E-state index contributed by atoms with van der Waals surface area (Å²) in [5.41, 5.74) is 3.97. The van der Waals surface area contributed by atoms with Gasteiger partial charge in [-0.25, -0.2) is 10.1 Å². The molecule has 23 heteroatoms. The summed E-state index contributed by atoms with van der Waals surface area (Å²) in [5, 5.41) is 80.2. The van der Waals surface area contributed by atoms with E-state index in [1.54, 1.807) is 43.3 Å². The Bertz CT molecular complexity index is 2990. The van der Waals surface area contributed by atoms with Crippen LogP contribution in [0.5, 0.6) is 17.4 Å². The summed E-state index contributed by atoms with van der Waals surface area (Å²) in [7, 11) is -4.77. The van der Waals surface area contributed by atoms with Crippen LogP contribution in [0.15, 0.2) is 118 Å². The summed E-state index contributed by atoms with van der Waals surface area (Å²) in [5.74, 6) is -4.45.